The van der Waals surface area contributed by atoms with E-state index in [9.17, 15) is 9.59 Å². The molecule has 0 spiro atoms. The zero-order valence-corrected chi connectivity index (χ0v) is 11.7. The maximum atomic E-state index is 12.0. The third kappa shape index (κ3) is 1.88. The molecule has 0 aromatic carbocycles. The van der Waals surface area contributed by atoms with Gasteiger partial charge in [-0.2, -0.15) is 5.26 Å². The molecule has 0 bridgehead atoms. The number of hydrogen-bond acceptors (Lipinski definition) is 7. The van der Waals surface area contributed by atoms with Crippen LogP contribution in [0.15, 0.2) is 9.81 Å². The third-order valence-corrected chi connectivity index (χ3v) is 5.55. The highest BCUT2D eigenvalue weighted by molar-refractivity contribution is 8.23. The lowest BCUT2D eigenvalue weighted by molar-refractivity contribution is -0.136. The first-order valence-corrected chi connectivity index (χ1v) is 7.09. The van der Waals surface area contributed by atoms with E-state index < -0.39 is 5.25 Å². The van der Waals surface area contributed by atoms with Crippen LogP contribution in [-0.4, -0.2) is 38.4 Å². The van der Waals surface area contributed by atoms with Gasteiger partial charge in [0.05, 0.1) is 14.9 Å². The van der Waals surface area contributed by atoms with Crippen molar-refractivity contribution in [3.63, 3.8) is 0 Å². The van der Waals surface area contributed by atoms with Gasteiger partial charge in [-0.05, 0) is 6.92 Å². The fourth-order valence-corrected chi connectivity index (χ4v) is 4.20. The summed E-state index contributed by atoms with van der Waals surface area (Å²) in [5, 5.41) is 16.1. The molecular weight excluding hydrogens is 290 g/mol. The van der Waals surface area contributed by atoms with Gasteiger partial charge in [0.15, 0.2) is 0 Å². The van der Waals surface area contributed by atoms with Crippen molar-refractivity contribution >= 4 is 57.5 Å². The maximum Gasteiger partial charge on any atom is 0.268 e. The highest BCUT2D eigenvalue weighted by Crippen LogP contribution is 2.45. The quantitative estimate of drug-likeness (QED) is 0.611. The smallest absolute Gasteiger partial charge is 0.268 e. The number of thiocarbonyl (C=S) groups is 1. The summed E-state index contributed by atoms with van der Waals surface area (Å²) in [6.07, 6.45) is 0. The summed E-state index contributed by atoms with van der Waals surface area (Å²) in [5.41, 5.74) is 0. The molecule has 1 N–H and O–H groups in total. The number of carbonyl (C=O) groups is 2. The predicted octanol–water partition coefficient (Wildman–Crippen LogP) is 1.31. The topological polar surface area (TPSA) is 85.0 Å². The van der Waals surface area contributed by atoms with Crippen LogP contribution in [0.4, 0.5) is 0 Å². The van der Waals surface area contributed by atoms with E-state index in [0.717, 1.165) is 28.4 Å². The zero-order valence-electron chi connectivity index (χ0n) is 9.22. The van der Waals surface area contributed by atoms with Gasteiger partial charge in [0.25, 0.3) is 11.8 Å². The number of nitriles is 1. The van der Waals surface area contributed by atoms with Crippen LogP contribution in [-0.2, 0) is 9.59 Å². The zero-order chi connectivity index (χ0) is 13.4. The van der Waals surface area contributed by atoms with Crippen molar-refractivity contribution in [1.82, 2.24) is 4.90 Å². The fraction of sp³-hybridized carbons (Fsp3) is 0.300. The van der Waals surface area contributed by atoms with E-state index in [1.165, 1.54) is 0 Å². The monoisotopic (exact) mass is 297 g/mol. The molecule has 2 heterocycles. The standard InChI is InChI=1S/C10H7N3O2S3/c1-2-13-9(14)6-7(10(13)15)18-8(12)5(17-6)4(16)3-11/h5,12H,2H2,1H3. The Kier molecular flexibility index (Phi) is 3.56. The molecule has 18 heavy (non-hydrogen) atoms. The predicted molar refractivity (Wildman–Crippen MR) is 74.3 cm³/mol. The summed E-state index contributed by atoms with van der Waals surface area (Å²) in [5.74, 6) is -0.714. The Bertz CT molecular complexity index is 561. The summed E-state index contributed by atoms with van der Waals surface area (Å²) in [6, 6.07) is 1.82. The number of imide groups is 1. The summed E-state index contributed by atoms with van der Waals surface area (Å²) in [6.45, 7) is 2.01. The first kappa shape index (κ1) is 13.3. The highest BCUT2D eigenvalue weighted by atomic mass is 32.2. The highest BCUT2D eigenvalue weighted by Gasteiger charge is 2.44. The van der Waals surface area contributed by atoms with Gasteiger partial charge in [-0.3, -0.25) is 19.9 Å². The van der Waals surface area contributed by atoms with Crippen molar-refractivity contribution in [1.29, 1.82) is 10.7 Å². The fourth-order valence-electron chi connectivity index (χ4n) is 1.58. The third-order valence-electron chi connectivity index (χ3n) is 2.44. The number of nitrogens with zero attached hydrogens (tertiary/aromatic N) is 2. The minimum Gasteiger partial charge on any atom is -0.296 e. The Labute approximate surface area is 117 Å². The van der Waals surface area contributed by atoms with Gasteiger partial charge in [-0.25, -0.2) is 0 Å². The van der Waals surface area contributed by atoms with E-state index >= 15 is 0 Å². The Hall–Kier alpha value is -1.17. The maximum absolute atomic E-state index is 12.0. The molecule has 0 aliphatic carbocycles. The first-order chi connectivity index (χ1) is 8.51. The summed E-state index contributed by atoms with van der Waals surface area (Å²) >= 11 is 6.83. The van der Waals surface area contributed by atoms with Crippen LogP contribution >= 0.6 is 35.7 Å². The number of rotatable bonds is 2. The molecule has 2 amide bonds. The van der Waals surface area contributed by atoms with E-state index in [2.05, 4.69) is 0 Å². The van der Waals surface area contributed by atoms with Crippen molar-refractivity contribution in [2.24, 2.45) is 0 Å². The van der Waals surface area contributed by atoms with E-state index in [1.807, 2.05) is 6.07 Å². The molecule has 8 heteroatoms. The molecule has 0 saturated heterocycles. The lowest BCUT2D eigenvalue weighted by Gasteiger charge is -2.19. The molecule has 0 fully saturated rings. The molecule has 0 aromatic heterocycles. The summed E-state index contributed by atoms with van der Waals surface area (Å²) < 4.78 is 0. The number of carbonyl (C=O) groups excluding carboxylic acids is 2. The van der Waals surface area contributed by atoms with Crippen LogP contribution in [0.2, 0.25) is 0 Å². The van der Waals surface area contributed by atoms with Crippen molar-refractivity contribution in [3.8, 4) is 6.07 Å². The van der Waals surface area contributed by atoms with Gasteiger partial charge in [0.2, 0.25) is 0 Å². The Balaban J connectivity index is 2.37. The lowest BCUT2D eigenvalue weighted by atomic mass is 10.3. The normalized spacial score (nSPS) is 23.2. The van der Waals surface area contributed by atoms with Gasteiger partial charge < -0.3 is 0 Å². The second-order valence-corrected chi connectivity index (χ2v) is 6.06. The molecule has 2 aliphatic rings. The molecular formula is C10H7N3O2S3. The summed E-state index contributed by atoms with van der Waals surface area (Å²) in [7, 11) is 0. The van der Waals surface area contributed by atoms with Crippen LogP contribution < -0.4 is 0 Å². The van der Waals surface area contributed by atoms with Gasteiger partial charge in [-0.15, -0.1) is 11.8 Å². The number of likely N-dealkylation sites (N-methyl/N-ethyl adjacent to an activating group) is 1. The van der Waals surface area contributed by atoms with Crippen LogP contribution in [0.3, 0.4) is 0 Å². The molecule has 0 aromatic rings. The average Bonchev–Trinajstić information content (AvgIpc) is 2.59. The molecule has 1 unspecified atom stereocenters. The molecule has 1 atom stereocenters. The minimum absolute atomic E-state index is 0.0549. The summed E-state index contributed by atoms with van der Waals surface area (Å²) in [4.78, 5) is 25.6. The van der Waals surface area contributed by atoms with Crippen molar-refractivity contribution in [2.75, 3.05) is 6.54 Å². The van der Waals surface area contributed by atoms with E-state index in [-0.39, 0.29) is 26.6 Å². The average molecular weight is 297 g/mol. The second kappa shape index (κ2) is 4.84. The van der Waals surface area contributed by atoms with Crippen molar-refractivity contribution < 1.29 is 9.59 Å². The molecule has 2 aliphatic heterocycles. The van der Waals surface area contributed by atoms with Crippen LogP contribution in [0.5, 0.6) is 0 Å². The number of hydrogen-bond donors (Lipinski definition) is 1. The SMILES string of the molecule is CCN1C(=O)C2=C(SC(C(=S)C#N)C(=N)S2)C1=O. The molecule has 0 radical (unpaired) electrons. The van der Waals surface area contributed by atoms with E-state index in [0.29, 0.717) is 11.4 Å². The molecule has 5 nitrogen and oxygen atoms in total. The lowest BCUT2D eigenvalue weighted by Crippen LogP contribution is -2.30. The van der Waals surface area contributed by atoms with Gasteiger partial charge in [0, 0.05) is 6.54 Å². The first-order valence-electron chi connectivity index (χ1n) is 4.98. The Morgan fingerprint density at radius 1 is 1.50 bits per heavy atom. The molecule has 0 saturated carbocycles. The molecule has 92 valence electrons. The van der Waals surface area contributed by atoms with E-state index in [1.54, 1.807) is 6.92 Å². The minimum atomic E-state index is -0.623. The second-order valence-electron chi connectivity index (χ2n) is 3.45. The van der Waals surface area contributed by atoms with Crippen LogP contribution in [0.25, 0.3) is 0 Å². The van der Waals surface area contributed by atoms with Gasteiger partial charge in [0.1, 0.15) is 16.2 Å². The van der Waals surface area contributed by atoms with E-state index in [4.69, 9.17) is 22.9 Å². The van der Waals surface area contributed by atoms with Crippen LogP contribution in [0, 0.1) is 16.7 Å². The Morgan fingerprint density at radius 2 is 2.11 bits per heavy atom. The van der Waals surface area contributed by atoms with Crippen LogP contribution in [0.1, 0.15) is 6.92 Å². The Morgan fingerprint density at radius 3 is 2.67 bits per heavy atom. The number of amides is 2. The number of nitrogens with one attached hydrogen (secondary N) is 1. The number of thioether (sulfide) groups is 2. The van der Waals surface area contributed by atoms with Gasteiger partial charge in [-0.1, -0.05) is 24.0 Å². The van der Waals surface area contributed by atoms with Gasteiger partial charge >= 0.3 is 0 Å². The van der Waals surface area contributed by atoms with Crippen molar-refractivity contribution in [3.05, 3.63) is 9.81 Å². The molecule has 2 rings (SSSR count). The van der Waals surface area contributed by atoms with Crippen molar-refractivity contribution in [2.45, 2.75) is 12.2 Å². The largest absolute Gasteiger partial charge is 0.296 e.